The lowest BCUT2D eigenvalue weighted by molar-refractivity contribution is -0.141. The highest BCUT2D eigenvalue weighted by atomic mass is 32.2. The molecule has 0 saturated carbocycles. The first-order valence-electron chi connectivity index (χ1n) is 24.3. The van der Waals surface area contributed by atoms with Crippen molar-refractivity contribution in [3.8, 4) is 0 Å². The molecule has 370 valence electrons. The smallest absolute Gasteiger partial charge is 0.332 e. The Morgan fingerprint density at radius 1 is 0.507 bits per heavy atom. The van der Waals surface area contributed by atoms with Crippen molar-refractivity contribution in [1.29, 1.82) is 0 Å². The van der Waals surface area contributed by atoms with Gasteiger partial charge in [-0.05, 0) is 122 Å². The zero-order valence-corrected chi connectivity index (χ0v) is 43.6. The second kappa shape index (κ2) is 23.7. The van der Waals surface area contributed by atoms with Crippen LogP contribution in [-0.4, -0.2) is 45.4 Å². The lowest BCUT2D eigenvalue weighted by Crippen LogP contribution is -2.11. The summed E-state index contributed by atoms with van der Waals surface area (Å²) in [7, 11) is 0. The van der Waals surface area contributed by atoms with E-state index in [2.05, 4.69) is 58.1 Å². The minimum Gasteiger partial charge on any atom is -0.340 e. The molecule has 0 N–H and O–H groups in total. The predicted molar refractivity (Wildman–Crippen MR) is 293 cm³/mol. The molecule has 8 rings (SSSR count). The van der Waals surface area contributed by atoms with Gasteiger partial charge in [0.05, 0.1) is 16.9 Å². The molecule has 0 amide bonds. The molecule has 11 nitrogen and oxygen atoms in total. The van der Waals surface area contributed by atoms with E-state index in [-0.39, 0.29) is 5.78 Å². The topological polar surface area (TPSA) is 138 Å². The van der Waals surface area contributed by atoms with E-state index in [1.165, 1.54) is 20.8 Å². The normalized spacial score (nSPS) is 12.6. The number of unbranched alkanes of at least 4 members (excludes halogenated alkanes) is 1. The maximum Gasteiger partial charge on any atom is 0.332 e. The van der Waals surface area contributed by atoms with E-state index in [4.69, 9.17) is 14.5 Å². The SMILES string of the molecule is CCCCC(CC)Cn1c2ccc(C(=NOC(C)=O)c3ccc(Sc4ccc(C(C)=NOC(C)=O)cc4)cc3)cc2c2cc(C(=O)c3ccc(Sc4ccc(C(C)=NOC(C)=O)cc4)cc3)c3ccccc3c21. The summed E-state index contributed by atoms with van der Waals surface area (Å²) in [6, 6.07) is 47.9. The lowest BCUT2D eigenvalue weighted by Gasteiger charge is -2.18. The number of hydrogen-bond donors (Lipinski definition) is 0. The Kier molecular flexibility index (Phi) is 16.8. The van der Waals surface area contributed by atoms with Gasteiger partial charge in [-0.15, -0.1) is 0 Å². The molecule has 0 fully saturated rings. The number of rotatable bonds is 19. The van der Waals surface area contributed by atoms with Crippen molar-refractivity contribution in [2.24, 2.45) is 21.4 Å². The fourth-order valence-electron chi connectivity index (χ4n) is 8.73. The third-order valence-corrected chi connectivity index (χ3v) is 14.5. The fourth-order valence-corrected chi connectivity index (χ4v) is 10.4. The van der Waals surface area contributed by atoms with Crippen LogP contribution in [0.2, 0.25) is 0 Å². The van der Waals surface area contributed by atoms with Gasteiger partial charge in [0.2, 0.25) is 0 Å². The van der Waals surface area contributed by atoms with Crippen LogP contribution in [0.5, 0.6) is 0 Å². The quantitative estimate of drug-likeness (QED) is 0.0335. The molecule has 1 unspecified atom stereocenters. The van der Waals surface area contributed by atoms with Gasteiger partial charge in [-0.25, -0.2) is 14.4 Å². The number of ketones is 1. The van der Waals surface area contributed by atoms with Crippen LogP contribution >= 0.6 is 23.5 Å². The third kappa shape index (κ3) is 12.5. The van der Waals surface area contributed by atoms with Crippen LogP contribution in [0, 0.1) is 5.92 Å². The molecule has 0 aliphatic rings. The fraction of sp³-hybridized carbons (Fsp3) is 0.217. The van der Waals surface area contributed by atoms with E-state index in [1.807, 2.05) is 121 Å². The number of hydrogen-bond acceptors (Lipinski definition) is 12. The molecule has 0 saturated heterocycles. The average Bonchev–Trinajstić information content (AvgIpc) is 3.71. The molecule has 73 heavy (non-hydrogen) atoms. The second-order valence-electron chi connectivity index (χ2n) is 17.8. The summed E-state index contributed by atoms with van der Waals surface area (Å²) in [5.74, 6) is -1.12. The van der Waals surface area contributed by atoms with Gasteiger partial charge < -0.3 is 19.1 Å². The number of aromatic nitrogens is 1. The van der Waals surface area contributed by atoms with Crippen molar-refractivity contribution in [2.75, 3.05) is 0 Å². The van der Waals surface area contributed by atoms with Crippen LogP contribution in [-0.2, 0) is 35.4 Å². The average molecular weight is 1010 g/mol. The van der Waals surface area contributed by atoms with E-state index in [9.17, 15) is 19.2 Å². The summed E-state index contributed by atoms with van der Waals surface area (Å²) in [6.07, 6.45) is 4.41. The summed E-state index contributed by atoms with van der Waals surface area (Å²) >= 11 is 3.17. The molecule has 1 atom stereocenters. The van der Waals surface area contributed by atoms with Crippen LogP contribution < -0.4 is 0 Å². The molecule has 0 aliphatic carbocycles. The zero-order valence-electron chi connectivity index (χ0n) is 41.9. The highest BCUT2D eigenvalue weighted by Gasteiger charge is 2.23. The lowest BCUT2D eigenvalue weighted by atomic mass is 9.94. The van der Waals surface area contributed by atoms with Crippen LogP contribution in [0.4, 0.5) is 0 Å². The van der Waals surface area contributed by atoms with Crippen molar-refractivity contribution >= 4 is 96.9 Å². The van der Waals surface area contributed by atoms with Gasteiger partial charge in [-0.3, -0.25) is 4.79 Å². The Hall–Kier alpha value is -7.61. The summed E-state index contributed by atoms with van der Waals surface area (Å²) in [5.41, 5.74) is 8.17. The van der Waals surface area contributed by atoms with Crippen molar-refractivity contribution in [3.63, 3.8) is 0 Å². The first-order chi connectivity index (χ1) is 35.3. The number of carbonyl (C=O) groups is 4. The van der Waals surface area contributed by atoms with Crippen LogP contribution in [0.25, 0.3) is 32.6 Å². The van der Waals surface area contributed by atoms with Crippen molar-refractivity contribution in [3.05, 3.63) is 179 Å². The number of fused-ring (bicyclic) bond motifs is 5. The molecule has 1 aromatic heterocycles. The number of benzene rings is 7. The van der Waals surface area contributed by atoms with Crippen LogP contribution in [0.3, 0.4) is 0 Å². The van der Waals surface area contributed by atoms with Gasteiger partial charge >= 0.3 is 17.9 Å². The minimum absolute atomic E-state index is 0.0813. The summed E-state index contributed by atoms with van der Waals surface area (Å²) in [6.45, 7) is 12.8. The molecule has 0 aliphatic heterocycles. The standard InChI is InChI=1S/C60H56N4O7S2/c1-8-10-13-42(9-2)36-64-57-33-24-47(58(63-71-41(7)67)45-20-29-50(30-21-45)72-48-25-16-43(17-26-48)37(3)61-69-39(5)65)34-54(57)55-35-56(52-14-11-12-15-53(52)59(55)64)60(68)46-22-31-51(32-23-46)73-49-27-18-44(19-28-49)38(4)62-70-40(6)66/h11-12,14-35,42H,8-10,13,36H2,1-7H3. The Morgan fingerprint density at radius 3 is 1.47 bits per heavy atom. The molecule has 1 heterocycles. The van der Waals surface area contributed by atoms with Crippen molar-refractivity contribution < 1.29 is 33.7 Å². The van der Waals surface area contributed by atoms with Crippen molar-refractivity contribution in [2.45, 2.75) is 100 Å². The molecular formula is C60H56N4O7S2. The van der Waals surface area contributed by atoms with E-state index in [0.29, 0.717) is 34.2 Å². The number of nitrogens with zero attached hydrogens (tertiary/aromatic N) is 4. The van der Waals surface area contributed by atoms with Crippen LogP contribution in [0.1, 0.15) is 112 Å². The van der Waals surface area contributed by atoms with Gasteiger partial charge in [-0.2, -0.15) is 0 Å². The second-order valence-corrected chi connectivity index (χ2v) is 20.1. The molecule has 0 radical (unpaired) electrons. The Bertz CT molecular complexity index is 3430. The predicted octanol–water partition coefficient (Wildman–Crippen LogP) is 14.6. The number of oxime groups is 3. The molecule has 0 spiro atoms. The third-order valence-electron chi connectivity index (χ3n) is 12.5. The molecule has 13 heteroatoms. The van der Waals surface area contributed by atoms with Gasteiger partial charge in [0.25, 0.3) is 0 Å². The minimum atomic E-state index is -0.536. The maximum atomic E-state index is 14.8. The van der Waals surface area contributed by atoms with Crippen molar-refractivity contribution in [1.82, 2.24) is 4.57 Å². The van der Waals surface area contributed by atoms with E-state index < -0.39 is 17.9 Å². The van der Waals surface area contributed by atoms with Gasteiger partial charge in [-0.1, -0.05) is 139 Å². The molecule has 7 aromatic carbocycles. The summed E-state index contributed by atoms with van der Waals surface area (Å²) in [5, 5.41) is 16.0. The highest BCUT2D eigenvalue weighted by Crippen LogP contribution is 2.39. The molecular weight excluding hydrogens is 953 g/mol. The van der Waals surface area contributed by atoms with E-state index in [1.54, 1.807) is 37.4 Å². The van der Waals surface area contributed by atoms with Crippen LogP contribution in [0.15, 0.2) is 181 Å². The van der Waals surface area contributed by atoms with Gasteiger partial charge in [0.1, 0.15) is 5.71 Å². The number of carbonyl (C=O) groups excluding carboxylic acids is 4. The zero-order chi connectivity index (χ0) is 51.6. The van der Waals surface area contributed by atoms with E-state index in [0.717, 1.165) is 107 Å². The van der Waals surface area contributed by atoms with Gasteiger partial charge in [0.15, 0.2) is 5.78 Å². The Labute approximate surface area is 433 Å². The van der Waals surface area contributed by atoms with E-state index >= 15 is 0 Å². The largest absolute Gasteiger partial charge is 0.340 e. The molecule has 8 aromatic rings. The Balaban J connectivity index is 1.16. The first-order valence-corrected chi connectivity index (χ1v) is 25.9. The summed E-state index contributed by atoms with van der Waals surface area (Å²) in [4.78, 5) is 68.5. The first kappa shape index (κ1) is 51.7. The van der Waals surface area contributed by atoms with Gasteiger partial charge in [0, 0.05) is 90.8 Å². The Morgan fingerprint density at radius 2 is 0.973 bits per heavy atom. The molecule has 0 bridgehead atoms. The maximum absolute atomic E-state index is 14.8. The monoisotopic (exact) mass is 1010 g/mol. The highest BCUT2D eigenvalue weighted by molar-refractivity contribution is 7.99. The summed E-state index contributed by atoms with van der Waals surface area (Å²) < 4.78 is 2.44.